The minimum Gasteiger partial charge on any atom is -0.406 e. The number of anilines is 1. The lowest BCUT2D eigenvalue weighted by Gasteiger charge is -2.09. The van der Waals surface area contributed by atoms with Gasteiger partial charge in [0.25, 0.3) is 5.91 Å². The number of aromatic nitrogens is 6. The Morgan fingerprint density at radius 3 is 2.24 bits per heavy atom. The van der Waals surface area contributed by atoms with Crippen LogP contribution in [0.25, 0.3) is 11.0 Å². The molecule has 0 bridgehead atoms. The number of carbonyl (C=O) groups is 1. The lowest BCUT2D eigenvalue weighted by Crippen LogP contribution is -2.27. The molecule has 0 unspecified atom stereocenters. The van der Waals surface area contributed by atoms with Crippen LogP contribution in [0.5, 0.6) is 5.75 Å². The van der Waals surface area contributed by atoms with Crippen LogP contribution in [0.2, 0.25) is 10.0 Å². The van der Waals surface area contributed by atoms with Crippen molar-refractivity contribution < 1.29 is 27.1 Å². The van der Waals surface area contributed by atoms with Crippen LogP contribution in [0.3, 0.4) is 0 Å². The number of nitrogens with zero attached hydrogens (tertiary/aromatic N) is 6. The van der Waals surface area contributed by atoms with Crippen molar-refractivity contribution in [3.8, 4) is 5.75 Å². The van der Waals surface area contributed by atoms with Crippen molar-refractivity contribution in [1.82, 2.24) is 29.8 Å². The molecule has 1 amide bonds. The summed E-state index contributed by atoms with van der Waals surface area (Å²) in [4.78, 5) is 17.1. The Kier molecular flexibility index (Phi) is 7.94. The summed E-state index contributed by atoms with van der Waals surface area (Å²) < 4.78 is 58.7. The maximum atomic E-state index is 13.7. The molecule has 0 fully saturated rings. The molecule has 0 atom stereocenters. The van der Waals surface area contributed by atoms with Crippen molar-refractivity contribution in [3.05, 3.63) is 87.5 Å². The van der Waals surface area contributed by atoms with E-state index in [9.17, 15) is 22.4 Å². The van der Waals surface area contributed by atoms with Crippen molar-refractivity contribution >= 4 is 51.8 Å². The van der Waals surface area contributed by atoms with E-state index in [1.807, 2.05) is 0 Å². The Bertz CT molecular complexity index is 1750. The van der Waals surface area contributed by atoms with Crippen LogP contribution in [0.1, 0.15) is 15.9 Å². The van der Waals surface area contributed by atoms with Crippen molar-refractivity contribution in [2.75, 3.05) is 12.0 Å². The molecular formula is C25H18Cl2F4N8O2. The molecule has 0 aliphatic rings. The number of aryl methyl sites for hydroxylation is 1. The smallest absolute Gasteiger partial charge is 0.406 e. The summed E-state index contributed by atoms with van der Waals surface area (Å²) in [6.07, 6.45) is -4.84. The lowest BCUT2D eigenvalue weighted by atomic mass is 10.1. The molecule has 5 rings (SSSR count). The Hall–Kier alpha value is -4.43. The van der Waals surface area contributed by atoms with E-state index in [0.29, 0.717) is 27.9 Å². The van der Waals surface area contributed by atoms with Crippen molar-refractivity contribution in [1.29, 1.82) is 0 Å². The number of benzene rings is 3. The van der Waals surface area contributed by atoms with Crippen LogP contribution in [-0.4, -0.2) is 48.7 Å². The molecule has 16 heteroatoms. The number of halogens is 6. The summed E-state index contributed by atoms with van der Waals surface area (Å²) in [6, 6.07) is 14.8. The second kappa shape index (κ2) is 11.6. The zero-order valence-corrected chi connectivity index (χ0v) is 22.2. The molecule has 3 aromatic carbocycles. The number of H-pyrrole nitrogens is 1. The normalized spacial score (nSPS) is 12.2. The quantitative estimate of drug-likeness (QED) is 0.220. The van der Waals surface area contributed by atoms with Gasteiger partial charge in [-0.05, 0) is 64.5 Å². The van der Waals surface area contributed by atoms with Gasteiger partial charge in [-0.3, -0.25) is 10.1 Å². The van der Waals surface area contributed by atoms with Gasteiger partial charge in [0, 0.05) is 5.56 Å². The minimum atomic E-state index is -4.84. The monoisotopic (exact) mass is 608 g/mol. The van der Waals surface area contributed by atoms with Gasteiger partial charge >= 0.3 is 6.36 Å². The molecule has 0 radical (unpaired) electrons. The van der Waals surface area contributed by atoms with E-state index in [2.05, 4.69) is 35.7 Å². The van der Waals surface area contributed by atoms with Crippen LogP contribution in [0, 0.1) is 0 Å². The summed E-state index contributed by atoms with van der Waals surface area (Å²) in [5, 5.41) is 15.9. The van der Waals surface area contributed by atoms with Crippen LogP contribution >= 0.6 is 23.2 Å². The number of hydrogen-bond acceptors (Lipinski definition) is 6. The molecule has 10 nitrogen and oxygen atoms in total. The molecule has 0 saturated carbocycles. The molecule has 0 aliphatic heterocycles. The van der Waals surface area contributed by atoms with Gasteiger partial charge in [0.05, 0.1) is 39.9 Å². The molecule has 0 aliphatic carbocycles. The van der Waals surface area contributed by atoms with Gasteiger partial charge in [-0.1, -0.05) is 40.4 Å². The lowest BCUT2D eigenvalue weighted by molar-refractivity contribution is -0.274. The van der Waals surface area contributed by atoms with Crippen molar-refractivity contribution in [2.45, 2.75) is 19.5 Å². The maximum Gasteiger partial charge on any atom is 0.573 e. The van der Waals surface area contributed by atoms with Gasteiger partial charge in [-0.25, -0.2) is 14.5 Å². The standard InChI is InChI=1S/C25H18Cl2F4N8O2/c26-18-11-20-21(12-19(18)27)39(13-14-1-3-15(4-2-14)22(40)33-23-34-36-37-35-23)24(38(20)10-9-28)32-16-5-7-17(8-6-16)41-25(29,30)31/h1-8,11-12H,9-10,13H2,(H2,33,34,35,36,37,40). The van der Waals surface area contributed by atoms with E-state index in [0.717, 1.165) is 17.7 Å². The van der Waals surface area contributed by atoms with E-state index in [1.165, 1.54) is 12.1 Å². The first-order valence-corrected chi connectivity index (χ1v) is 12.6. The van der Waals surface area contributed by atoms with E-state index >= 15 is 0 Å². The number of hydrogen-bond donors (Lipinski definition) is 2. The van der Waals surface area contributed by atoms with Crippen LogP contribution < -0.4 is 15.7 Å². The number of nitrogens with one attached hydrogen (secondary N) is 2. The SMILES string of the molecule is O=C(Nc1nnn[nH]1)c1ccc(Cn2c(=Nc3ccc(OC(F)(F)F)cc3)n(CCF)c3cc(Cl)c(Cl)cc32)cc1. The second-order valence-electron chi connectivity index (χ2n) is 8.54. The highest BCUT2D eigenvalue weighted by Gasteiger charge is 2.31. The topological polar surface area (TPSA) is 115 Å². The average Bonchev–Trinajstić information content (AvgIpc) is 3.53. The first-order valence-electron chi connectivity index (χ1n) is 11.8. The predicted octanol–water partition coefficient (Wildman–Crippen LogP) is 5.66. The highest BCUT2D eigenvalue weighted by atomic mass is 35.5. The first-order chi connectivity index (χ1) is 19.6. The van der Waals surface area contributed by atoms with Crippen LogP contribution in [0.4, 0.5) is 29.2 Å². The summed E-state index contributed by atoms with van der Waals surface area (Å²) in [7, 11) is 0. The van der Waals surface area contributed by atoms with Crippen LogP contribution in [-0.2, 0) is 13.1 Å². The van der Waals surface area contributed by atoms with Gasteiger partial charge in [-0.2, -0.15) is 0 Å². The highest BCUT2D eigenvalue weighted by molar-refractivity contribution is 6.42. The molecule has 5 aromatic rings. The molecule has 0 saturated heterocycles. The van der Waals surface area contributed by atoms with E-state index < -0.39 is 24.7 Å². The maximum absolute atomic E-state index is 13.7. The number of alkyl halides is 4. The largest absolute Gasteiger partial charge is 0.573 e. The fourth-order valence-corrected chi connectivity index (χ4v) is 4.39. The molecular weight excluding hydrogens is 591 g/mol. The minimum absolute atomic E-state index is 0.0782. The number of carbonyl (C=O) groups excluding carboxylic acids is 1. The first kappa shape index (κ1) is 28.1. The van der Waals surface area contributed by atoms with Gasteiger partial charge in [0.1, 0.15) is 12.4 Å². The Balaban J connectivity index is 1.56. The van der Waals surface area contributed by atoms with Gasteiger partial charge in [-0.15, -0.1) is 13.2 Å². The number of aromatic amines is 1. The zero-order valence-electron chi connectivity index (χ0n) is 20.7. The fourth-order valence-electron chi connectivity index (χ4n) is 4.07. The highest BCUT2D eigenvalue weighted by Crippen LogP contribution is 2.29. The second-order valence-corrected chi connectivity index (χ2v) is 9.35. The Morgan fingerprint density at radius 2 is 1.66 bits per heavy atom. The molecule has 212 valence electrons. The Labute approximate surface area is 238 Å². The van der Waals surface area contributed by atoms with E-state index in [-0.39, 0.29) is 29.1 Å². The molecule has 2 aromatic heterocycles. The molecule has 0 spiro atoms. The number of rotatable bonds is 8. The third-order valence-electron chi connectivity index (χ3n) is 5.82. The third-order valence-corrected chi connectivity index (χ3v) is 6.55. The van der Waals surface area contributed by atoms with E-state index in [1.54, 1.807) is 45.5 Å². The van der Waals surface area contributed by atoms with Crippen molar-refractivity contribution in [2.24, 2.45) is 4.99 Å². The molecule has 2 N–H and O–H groups in total. The predicted molar refractivity (Wildman–Crippen MR) is 142 cm³/mol. The van der Waals surface area contributed by atoms with Gasteiger partial charge in [0.2, 0.25) is 11.6 Å². The summed E-state index contributed by atoms with van der Waals surface area (Å²) in [6.45, 7) is -0.587. The summed E-state index contributed by atoms with van der Waals surface area (Å²) >= 11 is 12.6. The zero-order chi connectivity index (χ0) is 29.1. The Morgan fingerprint density at radius 1 is 1.00 bits per heavy atom. The third kappa shape index (κ3) is 6.49. The fraction of sp³-hybridized carbons (Fsp3) is 0.160. The summed E-state index contributed by atoms with van der Waals surface area (Å²) in [5.74, 6) is -0.747. The number of tetrazole rings is 1. The van der Waals surface area contributed by atoms with Crippen LogP contribution in [0.15, 0.2) is 65.7 Å². The number of fused-ring (bicyclic) bond motifs is 1. The number of amides is 1. The summed E-state index contributed by atoms with van der Waals surface area (Å²) in [5.41, 5.74) is 2.81. The van der Waals surface area contributed by atoms with Gasteiger partial charge < -0.3 is 13.9 Å². The average molecular weight is 609 g/mol. The number of ether oxygens (including phenoxy) is 1. The van der Waals surface area contributed by atoms with Gasteiger partial charge in [0.15, 0.2) is 0 Å². The van der Waals surface area contributed by atoms with E-state index in [4.69, 9.17) is 23.2 Å². The van der Waals surface area contributed by atoms with Crippen molar-refractivity contribution in [3.63, 3.8) is 0 Å². The molecule has 41 heavy (non-hydrogen) atoms. The number of imidazole rings is 1. The molecule has 2 heterocycles.